The lowest BCUT2D eigenvalue weighted by Crippen LogP contribution is -2.49. The van der Waals surface area contributed by atoms with Crippen molar-refractivity contribution in [1.29, 1.82) is 0 Å². The lowest BCUT2D eigenvalue weighted by molar-refractivity contribution is -0.125. The zero-order valence-corrected chi connectivity index (χ0v) is 19.0. The molecule has 2 amide bonds. The van der Waals surface area contributed by atoms with Crippen molar-refractivity contribution in [3.63, 3.8) is 0 Å². The molecule has 35 heavy (non-hydrogen) atoms. The summed E-state index contributed by atoms with van der Waals surface area (Å²) in [4.78, 5) is 26.6. The molecule has 0 spiro atoms. The van der Waals surface area contributed by atoms with E-state index >= 15 is 0 Å². The van der Waals surface area contributed by atoms with Gasteiger partial charge in [0.1, 0.15) is 5.75 Å². The highest BCUT2D eigenvalue weighted by Gasteiger charge is 2.31. The van der Waals surface area contributed by atoms with Crippen LogP contribution in [-0.4, -0.2) is 34.2 Å². The first-order chi connectivity index (χ1) is 17.1. The smallest absolute Gasteiger partial charge is 0.260 e. The highest BCUT2D eigenvalue weighted by atomic mass is 16.5. The van der Waals surface area contributed by atoms with Gasteiger partial charge in [-0.2, -0.15) is 5.10 Å². The molecule has 1 atom stereocenters. The van der Waals surface area contributed by atoms with Crippen LogP contribution in [-0.2, 0) is 16.1 Å². The van der Waals surface area contributed by atoms with E-state index in [-0.39, 0.29) is 12.5 Å². The minimum absolute atomic E-state index is 0.0499. The number of amides is 2. The van der Waals surface area contributed by atoms with Crippen molar-refractivity contribution in [3.05, 3.63) is 108 Å². The fourth-order valence-electron chi connectivity index (χ4n) is 4.07. The molecule has 0 saturated heterocycles. The van der Waals surface area contributed by atoms with Crippen LogP contribution >= 0.6 is 0 Å². The van der Waals surface area contributed by atoms with Gasteiger partial charge < -0.3 is 15.4 Å². The summed E-state index contributed by atoms with van der Waals surface area (Å²) in [5.41, 5.74) is 9.75. The van der Waals surface area contributed by atoms with Gasteiger partial charge in [0.15, 0.2) is 6.10 Å². The predicted octanol–water partition coefficient (Wildman–Crippen LogP) is 3.89. The van der Waals surface area contributed by atoms with Gasteiger partial charge in [-0.1, -0.05) is 72.8 Å². The second-order valence-electron chi connectivity index (χ2n) is 8.24. The number of nitrogens with two attached hydrogens (primary N) is 1. The fourth-order valence-corrected chi connectivity index (χ4v) is 4.07. The fraction of sp³-hybridized carbons (Fsp3) is 0.107. The topological polar surface area (TPSA) is 90.5 Å². The molecule has 174 valence electrons. The van der Waals surface area contributed by atoms with E-state index in [2.05, 4.69) is 0 Å². The molecule has 0 saturated carbocycles. The molecule has 1 aliphatic heterocycles. The SMILES string of the molecule is NC(=O)C1CN(C(=O)/C=C/c2cn(Cc3ccccc3)nc2-c2ccccc2)c2ccccc2O1. The zero-order chi connectivity index (χ0) is 24.2. The number of primary amides is 1. The van der Waals surface area contributed by atoms with Crippen molar-refractivity contribution in [2.75, 3.05) is 11.4 Å². The van der Waals surface area contributed by atoms with Crippen molar-refractivity contribution in [2.24, 2.45) is 5.73 Å². The monoisotopic (exact) mass is 464 g/mol. The quantitative estimate of drug-likeness (QED) is 0.439. The van der Waals surface area contributed by atoms with Gasteiger partial charge in [0.25, 0.3) is 11.8 Å². The van der Waals surface area contributed by atoms with Crippen LogP contribution in [0.4, 0.5) is 5.69 Å². The number of carbonyl (C=O) groups excluding carboxylic acids is 2. The Bertz CT molecular complexity index is 1380. The van der Waals surface area contributed by atoms with Crippen LogP contribution < -0.4 is 15.4 Å². The van der Waals surface area contributed by atoms with Gasteiger partial charge in [-0.25, -0.2) is 0 Å². The second kappa shape index (κ2) is 9.69. The predicted molar refractivity (Wildman–Crippen MR) is 135 cm³/mol. The molecule has 0 bridgehead atoms. The van der Waals surface area contributed by atoms with Crippen molar-refractivity contribution < 1.29 is 14.3 Å². The van der Waals surface area contributed by atoms with E-state index in [0.717, 1.165) is 22.4 Å². The lowest BCUT2D eigenvalue weighted by Gasteiger charge is -2.32. The van der Waals surface area contributed by atoms with Crippen LogP contribution in [0.1, 0.15) is 11.1 Å². The first kappa shape index (κ1) is 22.2. The number of ether oxygens (including phenoxy) is 1. The number of nitrogens with zero attached hydrogens (tertiary/aromatic N) is 3. The number of anilines is 1. The van der Waals surface area contributed by atoms with Crippen LogP contribution in [0.25, 0.3) is 17.3 Å². The molecule has 0 radical (unpaired) electrons. The highest BCUT2D eigenvalue weighted by Crippen LogP contribution is 2.33. The van der Waals surface area contributed by atoms with E-state index in [1.807, 2.05) is 77.6 Å². The second-order valence-corrected chi connectivity index (χ2v) is 8.24. The van der Waals surface area contributed by atoms with E-state index in [1.54, 1.807) is 24.3 Å². The van der Waals surface area contributed by atoms with Crippen LogP contribution in [0.3, 0.4) is 0 Å². The molecule has 0 aliphatic carbocycles. The summed E-state index contributed by atoms with van der Waals surface area (Å²) in [5, 5.41) is 4.80. The van der Waals surface area contributed by atoms with Crippen molar-refractivity contribution >= 4 is 23.6 Å². The third-order valence-electron chi connectivity index (χ3n) is 5.79. The van der Waals surface area contributed by atoms with E-state index in [4.69, 9.17) is 15.6 Å². The Kier molecular flexibility index (Phi) is 6.13. The van der Waals surface area contributed by atoms with Gasteiger partial charge in [-0.15, -0.1) is 0 Å². The standard InChI is InChI=1S/C28H24N4O3/c29-28(34)25-19-32(23-13-7-8-14-24(23)35-25)26(33)16-15-22-18-31(17-20-9-3-1-4-10-20)30-27(22)21-11-5-2-6-12-21/h1-16,18,25H,17,19H2,(H2,29,34)/b16-15+. The van der Waals surface area contributed by atoms with Crippen molar-refractivity contribution in [1.82, 2.24) is 9.78 Å². The Labute approximate surface area is 203 Å². The molecule has 2 N–H and O–H groups in total. The van der Waals surface area contributed by atoms with Crippen molar-refractivity contribution in [2.45, 2.75) is 12.6 Å². The summed E-state index contributed by atoms with van der Waals surface area (Å²) in [6.45, 7) is 0.661. The molecule has 1 aromatic heterocycles. The van der Waals surface area contributed by atoms with E-state index < -0.39 is 12.0 Å². The van der Waals surface area contributed by atoms with Gasteiger partial charge in [0.05, 0.1) is 24.5 Å². The largest absolute Gasteiger partial charge is 0.477 e. The van der Waals surface area contributed by atoms with Crippen molar-refractivity contribution in [3.8, 4) is 17.0 Å². The molecule has 4 aromatic rings. The Balaban J connectivity index is 1.46. The maximum atomic E-state index is 13.3. The number of para-hydroxylation sites is 2. The summed E-state index contributed by atoms with van der Waals surface area (Å²) in [6.07, 6.45) is 4.28. The number of carbonyl (C=O) groups is 2. The summed E-state index contributed by atoms with van der Waals surface area (Å²) >= 11 is 0. The number of rotatable bonds is 6. The summed E-state index contributed by atoms with van der Waals surface area (Å²) in [5.74, 6) is -0.443. The molecule has 5 rings (SSSR count). The Morgan fingerprint density at radius 1 is 0.971 bits per heavy atom. The third kappa shape index (κ3) is 4.84. The van der Waals surface area contributed by atoms with Gasteiger partial charge in [0.2, 0.25) is 0 Å². The minimum atomic E-state index is -0.907. The average Bonchev–Trinajstić information content (AvgIpc) is 3.30. The van der Waals surface area contributed by atoms with Gasteiger partial charge in [0, 0.05) is 23.4 Å². The van der Waals surface area contributed by atoms with Gasteiger partial charge in [-0.05, 0) is 23.8 Å². The molecule has 1 aliphatic rings. The summed E-state index contributed by atoms with van der Waals surface area (Å²) in [7, 11) is 0. The number of aromatic nitrogens is 2. The Hall–Kier alpha value is -4.65. The summed E-state index contributed by atoms with van der Waals surface area (Å²) < 4.78 is 7.54. The van der Waals surface area contributed by atoms with Crippen LogP contribution in [0.2, 0.25) is 0 Å². The zero-order valence-electron chi connectivity index (χ0n) is 19.0. The van der Waals surface area contributed by atoms with Gasteiger partial charge in [-0.3, -0.25) is 14.3 Å². The van der Waals surface area contributed by atoms with E-state index in [1.165, 1.54) is 11.0 Å². The van der Waals surface area contributed by atoms with Crippen LogP contribution in [0.5, 0.6) is 5.75 Å². The first-order valence-corrected chi connectivity index (χ1v) is 11.3. The third-order valence-corrected chi connectivity index (χ3v) is 5.79. The molecule has 1 unspecified atom stereocenters. The first-order valence-electron chi connectivity index (χ1n) is 11.3. The number of hydrogen-bond donors (Lipinski definition) is 1. The van der Waals surface area contributed by atoms with E-state index in [0.29, 0.717) is 18.0 Å². The minimum Gasteiger partial charge on any atom is -0.477 e. The number of hydrogen-bond acceptors (Lipinski definition) is 4. The van der Waals surface area contributed by atoms with Crippen LogP contribution in [0.15, 0.2) is 97.2 Å². The maximum Gasteiger partial charge on any atom is 0.260 e. The maximum absolute atomic E-state index is 13.3. The Morgan fingerprint density at radius 2 is 1.66 bits per heavy atom. The molecular formula is C28H24N4O3. The molecular weight excluding hydrogens is 440 g/mol. The highest BCUT2D eigenvalue weighted by molar-refractivity contribution is 6.06. The normalized spacial score (nSPS) is 15.0. The lowest BCUT2D eigenvalue weighted by atomic mass is 10.1. The van der Waals surface area contributed by atoms with E-state index in [9.17, 15) is 9.59 Å². The summed E-state index contributed by atoms with van der Waals surface area (Å²) in [6, 6.07) is 27.0. The van der Waals surface area contributed by atoms with Crippen LogP contribution in [0, 0.1) is 0 Å². The molecule has 0 fully saturated rings. The van der Waals surface area contributed by atoms with Gasteiger partial charge >= 0.3 is 0 Å². The molecule has 2 heterocycles. The molecule has 7 heteroatoms. The Morgan fingerprint density at radius 3 is 2.40 bits per heavy atom. The average molecular weight is 465 g/mol. The number of fused-ring (bicyclic) bond motifs is 1. The molecule has 7 nitrogen and oxygen atoms in total. The molecule has 3 aromatic carbocycles. The number of benzene rings is 3.